The standard InChI is InChI=1S/C34H37ClF3N11O3.CH2O2/c35-24-14-20(17-43-31(50)30-42-18-25(44-30)26-27(29-40-6-1-7-41-29)45-46-28(26)34(36,37)38)2-3-23(24)33(52)49-12-10-48(11-13-49)32(51)22-4-8-47(9-5-22)19-21-15-39-16-21;2-1-3/h1-3,6-7,14,18,21-22,39H,4-5,8-13,15-17,19H2,(H,42,44)(H,43,50)(H,45,46);1H,(H,2,3). The fraction of sp³-hybridized carbons (Fsp3) is 0.429. The van der Waals surface area contributed by atoms with E-state index in [2.05, 4.69) is 45.7 Å². The fourth-order valence-electron chi connectivity index (χ4n) is 6.83. The molecule has 20 heteroatoms. The first-order valence-corrected chi connectivity index (χ1v) is 18.0. The summed E-state index contributed by atoms with van der Waals surface area (Å²) in [7, 11) is 0. The van der Waals surface area contributed by atoms with Crippen molar-refractivity contribution in [3.8, 4) is 22.8 Å². The van der Waals surface area contributed by atoms with Crippen LogP contribution in [0.2, 0.25) is 5.02 Å². The number of nitrogens with one attached hydrogen (secondary N) is 4. The molecule has 0 bridgehead atoms. The fourth-order valence-corrected chi connectivity index (χ4v) is 7.12. The van der Waals surface area contributed by atoms with Crippen LogP contribution in [0.25, 0.3) is 22.8 Å². The minimum atomic E-state index is -4.81. The van der Waals surface area contributed by atoms with E-state index in [9.17, 15) is 27.6 Å². The van der Waals surface area contributed by atoms with Crippen LogP contribution >= 0.6 is 11.6 Å². The average molecular weight is 786 g/mol. The summed E-state index contributed by atoms with van der Waals surface area (Å²) in [5, 5.41) is 18.8. The number of amides is 3. The smallest absolute Gasteiger partial charge is 0.435 e. The van der Waals surface area contributed by atoms with Crippen molar-refractivity contribution in [2.24, 2.45) is 11.8 Å². The summed E-state index contributed by atoms with van der Waals surface area (Å²) in [4.78, 5) is 68.6. The number of nitrogens with zero attached hydrogens (tertiary/aromatic N) is 7. The number of imidazole rings is 1. The van der Waals surface area contributed by atoms with E-state index in [-0.39, 0.29) is 64.4 Å². The summed E-state index contributed by atoms with van der Waals surface area (Å²) in [5.41, 5.74) is -0.896. The molecule has 6 heterocycles. The lowest BCUT2D eigenvalue weighted by atomic mass is 9.93. The lowest BCUT2D eigenvalue weighted by Crippen LogP contribution is -2.53. The van der Waals surface area contributed by atoms with E-state index in [4.69, 9.17) is 21.5 Å². The molecule has 4 aromatic rings. The molecule has 3 amide bonds. The molecule has 3 saturated heterocycles. The van der Waals surface area contributed by atoms with Gasteiger partial charge in [0.1, 0.15) is 5.69 Å². The third kappa shape index (κ3) is 9.29. The summed E-state index contributed by atoms with van der Waals surface area (Å²) in [6.45, 7) is 6.62. The maximum Gasteiger partial charge on any atom is 0.435 e. The van der Waals surface area contributed by atoms with E-state index in [1.807, 2.05) is 4.90 Å². The van der Waals surface area contributed by atoms with Gasteiger partial charge in [-0.25, -0.2) is 15.0 Å². The summed E-state index contributed by atoms with van der Waals surface area (Å²) < 4.78 is 41.5. The van der Waals surface area contributed by atoms with Crippen molar-refractivity contribution in [2.75, 3.05) is 58.9 Å². The number of rotatable bonds is 9. The first-order chi connectivity index (χ1) is 26.5. The van der Waals surface area contributed by atoms with Gasteiger partial charge in [0.25, 0.3) is 18.3 Å². The molecule has 292 valence electrons. The summed E-state index contributed by atoms with van der Waals surface area (Å²) in [5.74, 6) is -0.256. The highest BCUT2D eigenvalue weighted by Crippen LogP contribution is 2.39. The second-order valence-electron chi connectivity index (χ2n) is 13.4. The number of carboxylic acid groups (broad SMARTS) is 1. The molecular formula is C35H39ClF3N11O5. The molecular weight excluding hydrogens is 747 g/mol. The van der Waals surface area contributed by atoms with Gasteiger partial charge in [0.05, 0.1) is 28.0 Å². The molecule has 0 aliphatic carbocycles. The van der Waals surface area contributed by atoms with Gasteiger partial charge < -0.3 is 35.4 Å². The second kappa shape index (κ2) is 17.4. The number of benzene rings is 1. The molecule has 3 aliphatic heterocycles. The van der Waals surface area contributed by atoms with Crippen LogP contribution in [0.1, 0.15) is 45.1 Å². The van der Waals surface area contributed by atoms with Gasteiger partial charge in [0, 0.05) is 70.7 Å². The average Bonchev–Trinajstić information content (AvgIpc) is 3.85. The first-order valence-electron chi connectivity index (χ1n) is 17.6. The van der Waals surface area contributed by atoms with Gasteiger partial charge in [-0.05, 0) is 55.6 Å². The normalized spacial score (nSPS) is 16.9. The Balaban J connectivity index is 0.00000166. The maximum absolute atomic E-state index is 13.8. The minimum Gasteiger partial charge on any atom is -0.483 e. The molecule has 1 aromatic carbocycles. The number of piperidine rings is 1. The number of H-pyrrole nitrogens is 2. The molecule has 16 nitrogen and oxygen atoms in total. The lowest BCUT2D eigenvalue weighted by molar-refractivity contribution is -0.140. The van der Waals surface area contributed by atoms with Crippen LogP contribution < -0.4 is 10.6 Å². The van der Waals surface area contributed by atoms with Crippen molar-refractivity contribution in [1.82, 2.24) is 55.5 Å². The first kappa shape index (κ1) is 39.3. The number of alkyl halides is 3. The highest BCUT2D eigenvalue weighted by Gasteiger charge is 2.40. The highest BCUT2D eigenvalue weighted by atomic mass is 35.5. The van der Waals surface area contributed by atoms with Crippen LogP contribution in [0, 0.1) is 11.8 Å². The van der Waals surface area contributed by atoms with Crippen LogP contribution in [0.3, 0.4) is 0 Å². The Bertz CT molecular complexity index is 1970. The molecule has 0 spiro atoms. The number of halogens is 4. The van der Waals surface area contributed by atoms with Crippen molar-refractivity contribution in [1.29, 1.82) is 0 Å². The third-order valence-corrected chi connectivity index (χ3v) is 10.1. The van der Waals surface area contributed by atoms with Crippen molar-refractivity contribution >= 4 is 35.8 Å². The number of likely N-dealkylation sites (tertiary alicyclic amines) is 1. The van der Waals surface area contributed by atoms with E-state index >= 15 is 0 Å². The van der Waals surface area contributed by atoms with Crippen molar-refractivity contribution in [3.63, 3.8) is 0 Å². The number of hydrogen-bond acceptors (Lipinski definition) is 10. The Hall–Kier alpha value is -5.40. The van der Waals surface area contributed by atoms with Crippen LogP contribution in [-0.4, -0.2) is 133 Å². The molecule has 7 rings (SSSR count). The predicted octanol–water partition coefficient (Wildman–Crippen LogP) is 2.78. The Morgan fingerprint density at radius 1 is 1.00 bits per heavy atom. The van der Waals surface area contributed by atoms with Gasteiger partial charge >= 0.3 is 6.18 Å². The van der Waals surface area contributed by atoms with Gasteiger partial charge in [-0.1, -0.05) is 17.7 Å². The number of carbonyl (C=O) groups is 4. The van der Waals surface area contributed by atoms with E-state index in [1.54, 1.807) is 23.1 Å². The molecule has 0 atom stereocenters. The lowest BCUT2D eigenvalue weighted by Gasteiger charge is -2.40. The SMILES string of the molecule is O=C(NCc1ccc(C(=O)N2CCN(C(=O)C3CCN(CC4CNC4)CC3)CC2)c(Cl)c1)c1ncc(-c2c(C(F)(F)F)n[nH]c2-c2ncccn2)[nH]1.O=CO. The zero-order valence-corrected chi connectivity index (χ0v) is 30.2. The molecule has 5 N–H and O–H groups in total. The summed E-state index contributed by atoms with van der Waals surface area (Å²) in [6.07, 6.45) is 0.783. The summed E-state index contributed by atoms with van der Waals surface area (Å²) >= 11 is 6.53. The van der Waals surface area contributed by atoms with E-state index in [1.165, 1.54) is 18.5 Å². The van der Waals surface area contributed by atoms with Crippen LogP contribution in [0.4, 0.5) is 13.2 Å². The van der Waals surface area contributed by atoms with Crippen LogP contribution in [0.15, 0.2) is 42.9 Å². The number of piperazine rings is 1. The molecule has 3 aromatic heterocycles. The number of hydrogen-bond donors (Lipinski definition) is 5. The summed E-state index contributed by atoms with van der Waals surface area (Å²) in [6, 6.07) is 6.34. The van der Waals surface area contributed by atoms with Crippen LogP contribution in [-0.2, 0) is 22.3 Å². The Morgan fingerprint density at radius 2 is 1.67 bits per heavy atom. The molecule has 55 heavy (non-hydrogen) atoms. The molecule has 3 aliphatic rings. The number of aromatic amines is 2. The van der Waals surface area contributed by atoms with Gasteiger partial charge in [0.2, 0.25) is 5.91 Å². The van der Waals surface area contributed by atoms with Crippen molar-refractivity contribution in [3.05, 3.63) is 70.5 Å². The molecule has 0 radical (unpaired) electrons. The van der Waals surface area contributed by atoms with Crippen molar-refractivity contribution in [2.45, 2.75) is 25.6 Å². The van der Waals surface area contributed by atoms with Gasteiger partial charge in [-0.2, -0.15) is 18.3 Å². The molecule has 0 unspecified atom stereocenters. The number of carbonyl (C=O) groups excluding carboxylic acids is 3. The monoisotopic (exact) mass is 785 g/mol. The minimum absolute atomic E-state index is 0.00315. The van der Waals surface area contributed by atoms with Gasteiger partial charge in [0.15, 0.2) is 17.3 Å². The predicted molar refractivity (Wildman–Crippen MR) is 192 cm³/mol. The quantitative estimate of drug-likeness (QED) is 0.156. The van der Waals surface area contributed by atoms with E-state index in [0.717, 1.165) is 51.8 Å². The van der Waals surface area contributed by atoms with E-state index in [0.29, 0.717) is 43.2 Å². The largest absolute Gasteiger partial charge is 0.483 e. The van der Waals surface area contributed by atoms with E-state index < -0.39 is 17.8 Å². The topological polar surface area (TPSA) is 205 Å². The molecule has 0 saturated carbocycles. The van der Waals surface area contributed by atoms with Gasteiger partial charge in [-0.15, -0.1) is 0 Å². The highest BCUT2D eigenvalue weighted by molar-refractivity contribution is 6.33. The third-order valence-electron chi connectivity index (χ3n) is 9.80. The maximum atomic E-state index is 13.8. The Kier molecular flexibility index (Phi) is 12.4. The Labute approximate surface area is 317 Å². The van der Waals surface area contributed by atoms with Crippen LogP contribution in [0.5, 0.6) is 0 Å². The number of aromatic nitrogens is 6. The molecule has 3 fully saturated rings. The second-order valence-corrected chi connectivity index (χ2v) is 13.8. The van der Waals surface area contributed by atoms with Gasteiger partial charge in [-0.3, -0.25) is 24.3 Å². The Morgan fingerprint density at radius 3 is 2.29 bits per heavy atom. The zero-order chi connectivity index (χ0) is 39.1. The zero-order valence-electron chi connectivity index (χ0n) is 29.5. The van der Waals surface area contributed by atoms with Crippen molar-refractivity contribution < 1.29 is 37.5 Å².